The minimum absolute atomic E-state index is 0.552. The van der Waals surface area contributed by atoms with Crippen molar-refractivity contribution in [3.8, 4) is 0 Å². The van der Waals surface area contributed by atoms with Gasteiger partial charge in [-0.15, -0.1) is 0 Å². The number of hydrogen-bond acceptors (Lipinski definition) is 4. The topological polar surface area (TPSA) is 28.2 Å². The van der Waals surface area contributed by atoms with Gasteiger partial charge in [-0.05, 0) is 44.9 Å². The Morgan fingerprint density at radius 1 is 1.29 bits per heavy atom. The molecule has 5 heteroatoms. The van der Waals surface area contributed by atoms with E-state index in [9.17, 15) is 0 Å². The maximum Gasteiger partial charge on any atom is 0.184 e. The summed E-state index contributed by atoms with van der Waals surface area (Å²) in [5, 5.41) is 5.49. The average Bonchev–Trinajstić information content (AvgIpc) is 2.84. The molecule has 0 amide bonds. The van der Waals surface area contributed by atoms with E-state index in [0.29, 0.717) is 6.04 Å². The van der Waals surface area contributed by atoms with Crippen LogP contribution in [0.3, 0.4) is 0 Å². The molecule has 2 saturated heterocycles. The normalized spacial score (nSPS) is 29.7. The van der Waals surface area contributed by atoms with Crippen LogP contribution in [-0.2, 0) is 0 Å². The number of nitrogens with one attached hydrogen (secondary N) is 1. The summed E-state index contributed by atoms with van der Waals surface area (Å²) in [4.78, 5) is 7.28. The third-order valence-corrected chi connectivity index (χ3v) is 6.50. The van der Waals surface area contributed by atoms with Gasteiger partial charge in [0.1, 0.15) is 0 Å². The number of fused-ring (bicyclic) bond motifs is 3. The molecule has 1 aromatic heterocycles. The second kappa shape index (κ2) is 5.41. The predicted molar refractivity (Wildman–Crippen MR) is 90.5 cm³/mol. The van der Waals surface area contributed by atoms with Crippen LogP contribution in [0, 0.1) is 0 Å². The lowest BCUT2D eigenvalue weighted by molar-refractivity contribution is 0.0608. The quantitative estimate of drug-likeness (QED) is 0.890. The lowest BCUT2D eigenvalue weighted by atomic mass is 9.82. The molecule has 21 heavy (non-hydrogen) atoms. The molecule has 1 N–H and O–H groups in total. The van der Waals surface area contributed by atoms with Gasteiger partial charge >= 0.3 is 0 Å². The largest absolute Gasteiger partial charge is 0.359 e. The van der Waals surface area contributed by atoms with Crippen LogP contribution >= 0.6 is 22.9 Å². The number of hydrogen-bond donors (Lipinski definition) is 1. The van der Waals surface area contributed by atoms with Crippen molar-refractivity contribution in [1.29, 1.82) is 0 Å². The molecule has 112 valence electrons. The summed E-state index contributed by atoms with van der Waals surface area (Å²) in [6.07, 6.45) is 6.55. The highest BCUT2D eigenvalue weighted by molar-refractivity contribution is 7.22. The first-order valence-electron chi connectivity index (χ1n) is 7.74. The maximum atomic E-state index is 6.25. The van der Waals surface area contributed by atoms with Gasteiger partial charge in [-0.25, -0.2) is 4.98 Å². The van der Waals surface area contributed by atoms with Crippen LogP contribution in [-0.4, -0.2) is 35.1 Å². The third kappa shape index (κ3) is 2.54. The Labute approximate surface area is 134 Å². The van der Waals surface area contributed by atoms with E-state index < -0.39 is 0 Å². The van der Waals surface area contributed by atoms with Gasteiger partial charge in [0, 0.05) is 18.1 Å². The number of rotatable bonds is 2. The summed E-state index contributed by atoms with van der Waals surface area (Å²) in [5.74, 6) is 0. The molecule has 2 bridgehead atoms. The van der Waals surface area contributed by atoms with Crippen molar-refractivity contribution in [3.63, 3.8) is 0 Å². The van der Waals surface area contributed by atoms with Gasteiger partial charge in [0.25, 0.3) is 0 Å². The molecule has 2 unspecified atom stereocenters. The van der Waals surface area contributed by atoms with Crippen LogP contribution < -0.4 is 5.32 Å². The molecule has 0 spiro atoms. The molecular weight excluding hydrogens is 302 g/mol. The predicted octanol–water partition coefficient (Wildman–Crippen LogP) is 4.38. The standard InChI is InChI=1S/C16H20ClN3S/c1-20-11-4-2-5-12(20)9-10(8-11)18-16-19-14-7-3-6-13(17)15(14)21-16/h3,6-7,10-12H,2,4-5,8-9H2,1H3,(H,18,19). The van der Waals surface area contributed by atoms with Crippen LogP contribution in [0.1, 0.15) is 32.1 Å². The zero-order valence-corrected chi connectivity index (χ0v) is 13.8. The lowest BCUT2D eigenvalue weighted by Gasteiger charge is -2.47. The highest BCUT2D eigenvalue weighted by atomic mass is 35.5. The van der Waals surface area contributed by atoms with Crippen LogP contribution in [0.25, 0.3) is 10.2 Å². The molecule has 0 saturated carbocycles. The van der Waals surface area contributed by atoms with Crippen LogP contribution in [0.4, 0.5) is 5.13 Å². The van der Waals surface area contributed by atoms with E-state index in [2.05, 4.69) is 22.2 Å². The van der Waals surface area contributed by atoms with Crippen LogP contribution in [0.5, 0.6) is 0 Å². The fourth-order valence-electron chi connectivity index (χ4n) is 3.89. The minimum Gasteiger partial charge on any atom is -0.359 e. The second-order valence-electron chi connectivity index (χ2n) is 6.32. The molecule has 0 aliphatic carbocycles. The number of halogens is 1. The summed E-state index contributed by atoms with van der Waals surface area (Å²) in [7, 11) is 2.29. The van der Waals surface area contributed by atoms with Crippen molar-refractivity contribution in [3.05, 3.63) is 23.2 Å². The van der Waals surface area contributed by atoms with E-state index in [1.54, 1.807) is 11.3 Å². The molecular formula is C16H20ClN3S. The molecule has 3 heterocycles. The molecule has 1 aromatic carbocycles. The first-order chi connectivity index (χ1) is 10.2. The Bertz CT molecular complexity index is 642. The van der Waals surface area contributed by atoms with Crippen molar-refractivity contribution < 1.29 is 0 Å². The number of aromatic nitrogens is 1. The Morgan fingerprint density at radius 2 is 2.05 bits per heavy atom. The number of piperidine rings is 2. The zero-order chi connectivity index (χ0) is 14.4. The van der Waals surface area contributed by atoms with Crippen LogP contribution in [0.2, 0.25) is 5.02 Å². The first-order valence-corrected chi connectivity index (χ1v) is 8.93. The summed E-state index contributed by atoms with van der Waals surface area (Å²) >= 11 is 7.92. The van der Waals surface area contributed by atoms with E-state index in [0.717, 1.165) is 32.5 Å². The van der Waals surface area contributed by atoms with E-state index in [4.69, 9.17) is 11.6 Å². The average molecular weight is 322 g/mol. The van der Waals surface area contributed by atoms with Crippen LogP contribution in [0.15, 0.2) is 18.2 Å². The fraction of sp³-hybridized carbons (Fsp3) is 0.562. The molecule has 4 rings (SSSR count). The number of anilines is 1. The highest BCUT2D eigenvalue weighted by Crippen LogP contribution is 2.36. The smallest absolute Gasteiger partial charge is 0.184 e. The molecule has 2 aromatic rings. The van der Waals surface area contributed by atoms with E-state index in [1.807, 2.05) is 18.2 Å². The minimum atomic E-state index is 0.552. The number of benzene rings is 1. The lowest BCUT2D eigenvalue weighted by Crippen LogP contribution is -2.52. The van der Waals surface area contributed by atoms with E-state index >= 15 is 0 Å². The number of nitrogens with zero attached hydrogens (tertiary/aromatic N) is 2. The monoisotopic (exact) mass is 321 g/mol. The van der Waals surface area contributed by atoms with Gasteiger partial charge in [0.2, 0.25) is 0 Å². The van der Waals surface area contributed by atoms with Gasteiger partial charge in [-0.1, -0.05) is 35.4 Å². The van der Waals surface area contributed by atoms with Gasteiger partial charge in [0.15, 0.2) is 5.13 Å². The summed E-state index contributed by atoms with van der Waals surface area (Å²) in [5.41, 5.74) is 1.00. The van der Waals surface area contributed by atoms with Crippen molar-refractivity contribution in [2.45, 2.75) is 50.2 Å². The summed E-state index contributed by atoms with van der Waals surface area (Å²) < 4.78 is 1.09. The Morgan fingerprint density at radius 3 is 2.76 bits per heavy atom. The molecule has 2 fully saturated rings. The van der Waals surface area contributed by atoms with Crippen molar-refractivity contribution >= 4 is 38.3 Å². The number of thiazole rings is 1. The maximum absolute atomic E-state index is 6.25. The summed E-state index contributed by atoms with van der Waals surface area (Å²) in [6, 6.07) is 7.98. The third-order valence-electron chi connectivity index (χ3n) is 5.03. The second-order valence-corrected chi connectivity index (χ2v) is 7.73. The first kappa shape index (κ1) is 13.8. The molecule has 2 atom stereocenters. The molecule has 0 radical (unpaired) electrons. The molecule has 2 aliphatic rings. The van der Waals surface area contributed by atoms with Gasteiger partial charge in [0.05, 0.1) is 15.2 Å². The summed E-state index contributed by atoms with van der Waals surface area (Å²) in [6.45, 7) is 0. The molecule has 2 aliphatic heterocycles. The Balaban J connectivity index is 1.54. The van der Waals surface area contributed by atoms with E-state index in [-0.39, 0.29) is 0 Å². The zero-order valence-electron chi connectivity index (χ0n) is 12.2. The van der Waals surface area contributed by atoms with Gasteiger partial charge < -0.3 is 10.2 Å². The Kier molecular flexibility index (Phi) is 3.56. The van der Waals surface area contributed by atoms with Gasteiger partial charge in [-0.3, -0.25) is 0 Å². The SMILES string of the molecule is CN1C2CCCC1CC(Nc1nc3cccc(Cl)c3s1)C2. The highest BCUT2D eigenvalue weighted by Gasteiger charge is 2.36. The Hall–Kier alpha value is -0.840. The van der Waals surface area contributed by atoms with Crippen molar-refractivity contribution in [2.75, 3.05) is 12.4 Å². The van der Waals surface area contributed by atoms with Gasteiger partial charge in [-0.2, -0.15) is 0 Å². The van der Waals surface area contributed by atoms with E-state index in [1.165, 1.54) is 32.1 Å². The van der Waals surface area contributed by atoms with Crippen molar-refractivity contribution in [1.82, 2.24) is 9.88 Å². The van der Waals surface area contributed by atoms with Crippen molar-refractivity contribution in [2.24, 2.45) is 0 Å². The molecule has 3 nitrogen and oxygen atoms in total. The fourth-order valence-corrected chi connectivity index (χ4v) is 5.12.